The second kappa shape index (κ2) is 6.30. The Morgan fingerprint density at radius 2 is 2.24 bits per heavy atom. The normalized spacial score (nSPS) is 11.4. The molecular weight excluding hydrogens is 240 g/mol. The molecule has 1 aromatic carbocycles. The molecule has 0 aliphatic carbocycles. The van der Waals surface area contributed by atoms with Crippen molar-refractivity contribution >= 4 is 23.1 Å². The molecule has 0 amide bonds. The Morgan fingerprint density at radius 1 is 1.53 bits per heavy atom. The number of carboxylic acids is 1. The van der Waals surface area contributed by atoms with Crippen LogP contribution in [-0.4, -0.2) is 18.2 Å². The standard InChI is InChI=1S/C13H15ClO3/c1-3-9(4-7-13(15)16)11-8-10(14)5-6-12(11)17-2/h4-6,8H,3,7H2,1-2H3,(H,15,16)/b9-4+. The van der Waals surface area contributed by atoms with Gasteiger partial charge in [0.1, 0.15) is 5.75 Å². The van der Waals surface area contributed by atoms with Crippen LogP contribution in [0, 0.1) is 0 Å². The molecule has 0 spiro atoms. The number of benzene rings is 1. The predicted octanol–water partition coefficient (Wildman–Crippen LogP) is 3.62. The molecule has 17 heavy (non-hydrogen) atoms. The number of allylic oxidation sites excluding steroid dienone is 1. The molecule has 0 fully saturated rings. The second-order valence-corrected chi connectivity index (χ2v) is 3.96. The van der Waals surface area contributed by atoms with Gasteiger partial charge in [0.05, 0.1) is 13.5 Å². The SMILES string of the molecule is CC/C(=C\CC(=O)O)c1cc(Cl)ccc1OC. The Hall–Kier alpha value is -1.48. The smallest absolute Gasteiger partial charge is 0.307 e. The van der Waals surface area contributed by atoms with Crippen LogP contribution >= 0.6 is 11.6 Å². The third kappa shape index (κ3) is 3.79. The predicted molar refractivity (Wildman–Crippen MR) is 68.5 cm³/mol. The van der Waals surface area contributed by atoms with Crippen LogP contribution < -0.4 is 4.74 Å². The number of rotatable bonds is 5. The minimum Gasteiger partial charge on any atom is -0.496 e. The second-order valence-electron chi connectivity index (χ2n) is 3.53. The summed E-state index contributed by atoms with van der Waals surface area (Å²) in [6.07, 6.45) is 2.42. The Bertz CT molecular complexity index is 438. The zero-order valence-electron chi connectivity index (χ0n) is 9.87. The summed E-state index contributed by atoms with van der Waals surface area (Å²) in [5.41, 5.74) is 1.77. The van der Waals surface area contributed by atoms with Gasteiger partial charge in [-0.1, -0.05) is 24.6 Å². The zero-order valence-corrected chi connectivity index (χ0v) is 10.6. The maximum atomic E-state index is 10.6. The van der Waals surface area contributed by atoms with E-state index in [9.17, 15) is 4.79 Å². The van der Waals surface area contributed by atoms with Gasteiger partial charge in [-0.3, -0.25) is 4.79 Å². The summed E-state index contributed by atoms with van der Waals surface area (Å²) < 4.78 is 5.24. The lowest BCUT2D eigenvalue weighted by Gasteiger charge is -2.11. The van der Waals surface area contributed by atoms with Gasteiger partial charge in [-0.05, 0) is 30.2 Å². The number of carbonyl (C=O) groups is 1. The van der Waals surface area contributed by atoms with Crippen molar-refractivity contribution in [3.63, 3.8) is 0 Å². The van der Waals surface area contributed by atoms with E-state index in [0.29, 0.717) is 10.8 Å². The van der Waals surface area contributed by atoms with Gasteiger partial charge in [-0.2, -0.15) is 0 Å². The van der Waals surface area contributed by atoms with Crippen LogP contribution in [0.15, 0.2) is 24.3 Å². The first-order valence-corrected chi connectivity index (χ1v) is 5.71. The minimum atomic E-state index is -0.850. The molecule has 0 aromatic heterocycles. The van der Waals surface area contributed by atoms with Crippen LogP contribution in [0.3, 0.4) is 0 Å². The van der Waals surface area contributed by atoms with Gasteiger partial charge >= 0.3 is 5.97 Å². The summed E-state index contributed by atoms with van der Waals surface area (Å²) >= 11 is 5.94. The molecule has 0 bridgehead atoms. The van der Waals surface area contributed by atoms with Gasteiger partial charge in [0.25, 0.3) is 0 Å². The summed E-state index contributed by atoms with van der Waals surface area (Å²) in [5, 5.41) is 9.29. The Labute approximate surface area is 106 Å². The third-order valence-electron chi connectivity index (χ3n) is 2.41. The fourth-order valence-electron chi connectivity index (χ4n) is 1.59. The summed E-state index contributed by atoms with van der Waals surface area (Å²) in [6, 6.07) is 5.31. The zero-order chi connectivity index (χ0) is 12.8. The highest BCUT2D eigenvalue weighted by Gasteiger charge is 2.08. The number of carboxylic acid groups (broad SMARTS) is 1. The van der Waals surface area contributed by atoms with Crippen molar-refractivity contribution in [2.45, 2.75) is 19.8 Å². The maximum absolute atomic E-state index is 10.6. The van der Waals surface area contributed by atoms with E-state index in [1.807, 2.05) is 6.92 Å². The number of methoxy groups -OCH3 is 1. The van der Waals surface area contributed by atoms with Crippen molar-refractivity contribution in [1.29, 1.82) is 0 Å². The molecule has 0 saturated heterocycles. The molecular formula is C13H15ClO3. The third-order valence-corrected chi connectivity index (χ3v) is 2.65. The van der Waals surface area contributed by atoms with Gasteiger partial charge < -0.3 is 9.84 Å². The number of halogens is 1. The van der Waals surface area contributed by atoms with E-state index in [4.69, 9.17) is 21.4 Å². The average Bonchev–Trinajstić information content (AvgIpc) is 2.30. The lowest BCUT2D eigenvalue weighted by atomic mass is 10.0. The molecule has 92 valence electrons. The van der Waals surface area contributed by atoms with Crippen LogP contribution in [0.4, 0.5) is 0 Å². The first-order valence-electron chi connectivity index (χ1n) is 5.33. The lowest BCUT2D eigenvalue weighted by molar-refractivity contribution is -0.135. The molecule has 3 nitrogen and oxygen atoms in total. The average molecular weight is 255 g/mol. The molecule has 1 N–H and O–H groups in total. The van der Waals surface area contributed by atoms with Gasteiger partial charge in [0, 0.05) is 10.6 Å². The monoisotopic (exact) mass is 254 g/mol. The summed E-state index contributed by atoms with van der Waals surface area (Å²) in [7, 11) is 1.58. The van der Waals surface area contributed by atoms with Crippen molar-refractivity contribution in [1.82, 2.24) is 0 Å². The topological polar surface area (TPSA) is 46.5 Å². The van der Waals surface area contributed by atoms with Crippen molar-refractivity contribution in [2.24, 2.45) is 0 Å². The number of hydrogen-bond donors (Lipinski definition) is 1. The summed E-state index contributed by atoms with van der Waals surface area (Å²) in [6.45, 7) is 1.97. The van der Waals surface area contributed by atoms with Crippen molar-refractivity contribution < 1.29 is 14.6 Å². The van der Waals surface area contributed by atoms with Crippen molar-refractivity contribution in [3.8, 4) is 5.75 Å². The molecule has 0 heterocycles. The lowest BCUT2D eigenvalue weighted by Crippen LogP contribution is -1.95. The molecule has 0 saturated carbocycles. The first-order chi connectivity index (χ1) is 8.08. The van der Waals surface area contributed by atoms with E-state index in [2.05, 4.69) is 0 Å². The van der Waals surface area contributed by atoms with Crippen LogP contribution in [0.2, 0.25) is 5.02 Å². The number of aliphatic carboxylic acids is 1. The van der Waals surface area contributed by atoms with Crippen molar-refractivity contribution in [3.05, 3.63) is 34.9 Å². The van der Waals surface area contributed by atoms with E-state index < -0.39 is 5.97 Å². The van der Waals surface area contributed by atoms with Gasteiger partial charge in [-0.25, -0.2) is 0 Å². The number of ether oxygens (including phenoxy) is 1. The first kappa shape index (κ1) is 13.6. The largest absolute Gasteiger partial charge is 0.496 e. The Morgan fingerprint density at radius 3 is 2.76 bits per heavy atom. The molecule has 1 aromatic rings. The van der Waals surface area contributed by atoms with Gasteiger partial charge in [0.2, 0.25) is 0 Å². The summed E-state index contributed by atoms with van der Waals surface area (Å²) in [5.74, 6) is -0.148. The van der Waals surface area contributed by atoms with Crippen LogP contribution in [0.5, 0.6) is 5.75 Å². The van der Waals surface area contributed by atoms with Gasteiger partial charge in [-0.15, -0.1) is 0 Å². The molecule has 4 heteroatoms. The highest BCUT2D eigenvalue weighted by atomic mass is 35.5. The van der Waals surface area contributed by atoms with E-state index in [1.54, 1.807) is 31.4 Å². The highest BCUT2D eigenvalue weighted by Crippen LogP contribution is 2.31. The van der Waals surface area contributed by atoms with Crippen molar-refractivity contribution in [2.75, 3.05) is 7.11 Å². The minimum absolute atomic E-state index is 0.00115. The highest BCUT2D eigenvalue weighted by molar-refractivity contribution is 6.30. The summed E-state index contributed by atoms with van der Waals surface area (Å²) in [4.78, 5) is 10.6. The van der Waals surface area contributed by atoms with Crippen LogP contribution in [-0.2, 0) is 4.79 Å². The molecule has 0 unspecified atom stereocenters. The molecule has 0 radical (unpaired) electrons. The molecule has 0 atom stereocenters. The van der Waals surface area contributed by atoms with E-state index in [0.717, 1.165) is 17.6 Å². The number of hydrogen-bond acceptors (Lipinski definition) is 2. The van der Waals surface area contributed by atoms with E-state index >= 15 is 0 Å². The van der Waals surface area contributed by atoms with E-state index in [-0.39, 0.29) is 6.42 Å². The fraction of sp³-hybridized carbons (Fsp3) is 0.308. The maximum Gasteiger partial charge on any atom is 0.307 e. The Balaban J connectivity index is 3.14. The molecule has 1 rings (SSSR count). The molecule has 0 aliphatic rings. The Kier molecular flexibility index (Phi) is 5.04. The van der Waals surface area contributed by atoms with Gasteiger partial charge in [0.15, 0.2) is 0 Å². The quantitative estimate of drug-likeness (QED) is 0.873. The fourth-order valence-corrected chi connectivity index (χ4v) is 1.76. The van der Waals surface area contributed by atoms with Crippen LogP contribution in [0.1, 0.15) is 25.3 Å². The van der Waals surface area contributed by atoms with E-state index in [1.165, 1.54) is 0 Å². The van der Waals surface area contributed by atoms with Crippen LogP contribution in [0.25, 0.3) is 5.57 Å². The molecule has 0 aliphatic heterocycles.